The lowest BCUT2D eigenvalue weighted by molar-refractivity contribution is -0.127. The van der Waals surface area contributed by atoms with Crippen molar-refractivity contribution >= 4 is 5.91 Å². The van der Waals surface area contributed by atoms with Crippen molar-refractivity contribution < 1.29 is 9.53 Å². The maximum Gasteiger partial charge on any atom is 0.261 e. The fourth-order valence-corrected chi connectivity index (χ4v) is 1.75. The van der Waals surface area contributed by atoms with Crippen LogP contribution in [0.15, 0.2) is 36.9 Å². The molecule has 0 aliphatic heterocycles. The Bertz CT molecular complexity index is 446. The number of hydrogen-bond donors (Lipinski definition) is 1. The lowest BCUT2D eigenvalue weighted by atomic mass is 9.86. The van der Waals surface area contributed by atoms with E-state index in [0.717, 1.165) is 11.3 Å². The Balaban J connectivity index is 2.82. The largest absolute Gasteiger partial charge is 0.481 e. The van der Waals surface area contributed by atoms with Crippen LogP contribution in [-0.4, -0.2) is 18.6 Å². The number of nitrogens with one attached hydrogen (secondary N) is 1. The second-order valence-corrected chi connectivity index (χ2v) is 5.54. The average Bonchev–Trinajstić information content (AvgIpc) is 2.35. The zero-order valence-electron chi connectivity index (χ0n) is 12.2. The van der Waals surface area contributed by atoms with Crippen molar-refractivity contribution in [3.05, 3.63) is 42.5 Å². The van der Waals surface area contributed by atoms with Crippen LogP contribution in [0.25, 0.3) is 0 Å². The molecule has 0 aliphatic carbocycles. The van der Waals surface area contributed by atoms with Crippen LogP contribution >= 0.6 is 0 Å². The minimum Gasteiger partial charge on any atom is -0.481 e. The van der Waals surface area contributed by atoms with E-state index in [1.54, 1.807) is 13.0 Å². The van der Waals surface area contributed by atoms with Gasteiger partial charge in [0.25, 0.3) is 5.91 Å². The number of hydrogen-bond acceptors (Lipinski definition) is 2. The normalized spacial score (nSPS) is 12.6. The molecule has 1 atom stereocenters. The van der Waals surface area contributed by atoms with Crippen LogP contribution in [0.2, 0.25) is 0 Å². The predicted octanol–water partition coefficient (Wildman–Crippen LogP) is 3.05. The van der Waals surface area contributed by atoms with E-state index >= 15 is 0 Å². The van der Waals surface area contributed by atoms with Gasteiger partial charge in [-0.15, -0.1) is 6.58 Å². The SMILES string of the molecule is C=CCNC(=O)C(C)Oc1ccccc1C(C)(C)C. The molecule has 1 unspecified atom stereocenters. The zero-order chi connectivity index (χ0) is 14.5. The van der Waals surface area contributed by atoms with Crippen molar-refractivity contribution in [2.75, 3.05) is 6.54 Å². The summed E-state index contributed by atoms with van der Waals surface area (Å²) < 4.78 is 5.78. The summed E-state index contributed by atoms with van der Waals surface area (Å²) in [4.78, 5) is 11.8. The molecule has 0 saturated heterocycles. The molecule has 19 heavy (non-hydrogen) atoms. The lowest BCUT2D eigenvalue weighted by Crippen LogP contribution is -2.36. The Kier molecular flexibility index (Phi) is 5.16. The molecule has 3 heteroatoms. The Morgan fingerprint density at radius 2 is 2.05 bits per heavy atom. The summed E-state index contributed by atoms with van der Waals surface area (Å²) in [6.45, 7) is 12.1. The Morgan fingerprint density at radius 3 is 2.63 bits per heavy atom. The standard InChI is InChI=1S/C16H23NO2/c1-6-11-17-15(18)12(2)19-14-10-8-7-9-13(14)16(3,4)5/h6-10,12H,1,11H2,2-5H3,(H,17,18). The number of benzene rings is 1. The van der Waals surface area contributed by atoms with Crippen molar-refractivity contribution in [1.29, 1.82) is 0 Å². The summed E-state index contributed by atoms with van der Waals surface area (Å²) in [5.74, 6) is 0.625. The van der Waals surface area contributed by atoms with E-state index in [0.29, 0.717) is 6.54 Å². The van der Waals surface area contributed by atoms with Gasteiger partial charge in [-0.25, -0.2) is 0 Å². The molecule has 0 spiro atoms. The van der Waals surface area contributed by atoms with E-state index in [4.69, 9.17) is 4.74 Å². The fraction of sp³-hybridized carbons (Fsp3) is 0.438. The first-order valence-corrected chi connectivity index (χ1v) is 6.51. The molecular weight excluding hydrogens is 238 g/mol. The molecule has 1 N–H and O–H groups in total. The number of amides is 1. The van der Waals surface area contributed by atoms with Gasteiger partial charge < -0.3 is 10.1 Å². The second-order valence-electron chi connectivity index (χ2n) is 5.54. The van der Waals surface area contributed by atoms with Gasteiger partial charge in [-0.2, -0.15) is 0 Å². The predicted molar refractivity (Wildman–Crippen MR) is 78.4 cm³/mol. The van der Waals surface area contributed by atoms with Gasteiger partial charge in [0.1, 0.15) is 5.75 Å². The van der Waals surface area contributed by atoms with Crippen LogP contribution in [0, 0.1) is 0 Å². The van der Waals surface area contributed by atoms with Crippen molar-refractivity contribution in [3.8, 4) is 5.75 Å². The molecule has 0 bridgehead atoms. The molecule has 1 aromatic carbocycles. The van der Waals surface area contributed by atoms with Gasteiger partial charge in [0.05, 0.1) is 0 Å². The van der Waals surface area contributed by atoms with Gasteiger partial charge in [-0.1, -0.05) is 45.0 Å². The monoisotopic (exact) mass is 261 g/mol. The van der Waals surface area contributed by atoms with Gasteiger partial charge in [0, 0.05) is 6.54 Å². The third-order valence-corrected chi connectivity index (χ3v) is 2.79. The summed E-state index contributed by atoms with van der Waals surface area (Å²) in [5.41, 5.74) is 1.08. The highest BCUT2D eigenvalue weighted by atomic mass is 16.5. The third-order valence-electron chi connectivity index (χ3n) is 2.79. The molecule has 0 saturated carbocycles. The van der Waals surface area contributed by atoms with E-state index in [-0.39, 0.29) is 11.3 Å². The number of para-hydroxylation sites is 1. The molecule has 104 valence electrons. The van der Waals surface area contributed by atoms with Gasteiger partial charge in [0.2, 0.25) is 0 Å². The first kappa shape index (κ1) is 15.3. The van der Waals surface area contributed by atoms with Crippen molar-refractivity contribution in [1.82, 2.24) is 5.32 Å². The van der Waals surface area contributed by atoms with Crippen molar-refractivity contribution in [2.45, 2.75) is 39.2 Å². The minimum absolute atomic E-state index is 0.0199. The second kappa shape index (κ2) is 6.41. The molecule has 1 rings (SSSR count). The summed E-state index contributed by atoms with van der Waals surface area (Å²) in [5, 5.41) is 2.73. The van der Waals surface area contributed by atoms with Gasteiger partial charge in [0.15, 0.2) is 6.10 Å². The summed E-state index contributed by atoms with van der Waals surface area (Å²) in [7, 11) is 0. The fourth-order valence-electron chi connectivity index (χ4n) is 1.75. The molecular formula is C16H23NO2. The van der Waals surface area contributed by atoms with E-state index in [9.17, 15) is 4.79 Å². The molecule has 1 amide bonds. The highest BCUT2D eigenvalue weighted by molar-refractivity contribution is 5.80. The van der Waals surface area contributed by atoms with Crippen molar-refractivity contribution in [3.63, 3.8) is 0 Å². The maximum atomic E-state index is 11.8. The Labute approximate surface area is 115 Å². The van der Waals surface area contributed by atoms with E-state index in [1.807, 2.05) is 24.3 Å². The highest BCUT2D eigenvalue weighted by Crippen LogP contribution is 2.31. The molecule has 0 radical (unpaired) electrons. The Hall–Kier alpha value is -1.77. The van der Waals surface area contributed by atoms with Crippen LogP contribution in [-0.2, 0) is 10.2 Å². The summed E-state index contributed by atoms with van der Waals surface area (Å²) >= 11 is 0. The topological polar surface area (TPSA) is 38.3 Å². The first-order valence-electron chi connectivity index (χ1n) is 6.51. The van der Waals surface area contributed by atoms with E-state index in [2.05, 4.69) is 32.7 Å². The van der Waals surface area contributed by atoms with Crippen LogP contribution < -0.4 is 10.1 Å². The van der Waals surface area contributed by atoms with E-state index in [1.165, 1.54) is 0 Å². The Morgan fingerprint density at radius 1 is 1.42 bits per heavy atom. The number of carbonyl (C=O) groups is 1. The zero-order valence-corrected chi connectivity index (χ0v) is 12.2. The van der Waals surface area contributed by atoms with Gasteiger partial charge >= 0.3 is 0 Å². The lowest BCUT2D eigenvalue weighted by Gasteiger charge is -2.24. The quantitative estimate of drug-likeness (QED) is 0.827. The van der Waals surface area contributed by atoms with Crippen LogP contribution in [0.4, 0.5) is 0 Å². The third kappa shape index (κ3) is 4.43. The van der Waals surface area contributed by atoms with Gasteiger partial charge in [-0.3, -0.25) is 4.79 Å². The van der Waals surface area contributed by atoms with Crippen LogP contribution in [0.1, 0.15) is 33.3 Å². The minimum atomic E-state index is -0.525. The van der Waals surface area contributed by atoms with Crippen LogP contribution in [0.5, 0.6) is 5.75 Å². The van der Waals surface area contributed by atoms with Gasteiger partial charge in [-0.05, 0) is 24.0 Å². The highest BCUT2D eigenvalue weighted by Gasteiger charge is 2.21. The summed E-state index contributed by atoms with van der Waals surface area (Å²) in [6, 6.07) is 7.83. The van der Waals surface area contributed by atoms with E-state index < -0.39 is 6.10 Å². The number of rotatable bonds is 5. The van der Waals surface area contributed by atoms with Crippen molar-refractivity contribution in [2.24, 2.45) is 0 Å². The smallest absolute Gasteiger partial charge is 0.261 e. The molecule has 3 nitrogen and oxygen atoms in total. The number of ether oxygens (including phenoxy) is 1. The molecule has 1 aromatic rings. The average molecular weight is 261 g/mol. The molecule has 0 aliphatic rings. The first-order chi connectivity index (χ1) is 8.86. The van der Waals surface area contributed by atoms with Crippen LogP contribution in [0.3, 0.4) is 0 Å². The number of carbonyl (C=O) groups excluding carboxylic acids is 1. The summed E-state index contributed by atoms with van der Waals surface area (Å²) in [6.07, 6.45) is 1.12. The molecule has 0 heterocycles. The molecule has 0 fully saturated rings. The molecule has 0 aromatic heterocycles. The maximum absolute atomic E-state index is 11.8.